The third-order valence-electron chi connectivity index (χ3n) is 0.788. The molecule has 0 rings (SSSR count). The van der Waals surface area contributed by atoms with Crippen LogP contribution in [0.25, 0.3) is 0 Å². The topological polar surface area (TPSA) is 49.5 Å². The molecule has 0 fully saturated rings. The van der Waals surface area contributed by atoms with Crippen molar-refractivity contribution in [3.05, 3.63) is 24.5 Å². The minimum absolute atomic E-state index is 0.343. The van der Waals surface area contributed by atoms with Crippen molar-refractivity contribution in [1.29, 1.82) is 0 Å². The predicted octanol–water partition coefficient (Wildman–Crippen LogP) is 0.751. The summed E-state index contributed by atoms with van der Waals surface area (Å²) in [5.74, 6) is 0.343. The Kier molecular flexibility index (Phi) is 10.7. The summed E-state index contributed by atoms with van der Waals surface area (Å²) < 4.78 is 0. The van der Waals surface area contributed by atoms with E-state index in [9.17, 15) is 0 Å². The molecule has 0 unspecified atom stereocenters. The van der Waals surface area contributed by atoms with E-state index in [4.69, 9.17) is 5.11 Å². The normalized spacial score (nSPS) is 10.5. The van der Waals surface area contributed by atoms with E-state index >= 15 is 0 Å². The van der Waals surface area contributed by atoms with Gasteiger partial charge >= 0.3 is 0 Å². The van der Waals surface area contributed by atoms with Crippen molar-refractivity contribution >= 4 is 0 Å². The molecule has 0 spiro atoms. The van der Waals surface area contributed by atoms with E-state index in [0.717, 1.165) is 0 Å². The van der Waals surface area contributed by atoms with Crippen LogP contribution < -0.4 is 5.73 Å². The fourth-order valence-electron chi connectivity index (χ4n) is 0.513. The second-order valence-corrected chi connectivity index (χ2v) is 2.13. The highest BCUT2D eigenvalue weighted by molar-refractivity contribution is 5.03. The lowest BCUT2D eigenvalue weighted by atomic mass is 10.4. The van der Waals surface area contributed by atoms with Crippen molar-refractivity contribution < 1.29 is 5.11 Å². The van der Waals surface area contributed by atoms with Gasteiger partial charge in [-0.1, -0.05) is 12.7 Å². The number of allylic oxidation sites excluding steroid dienone is 2. The van der Waals surface area contributed by atoms with Gasteiger partial charge in [0.15, 0.2) is 0 Å². The zero-order valence-electron chi connectivity index (χ0n) is 7.54. The summed E-state index contributed by atoms with van der Waals surface area (Å²) in [4.78, 5) is 1.88. The zero-order chi connectivity index (χ0) is 9.28. The molecule has 0 aliphatic carbocycles. The molecule has 0 aliphatic heterocycles. The molecule has 66 valence electrons. The Morgan fingerprint density at radius 2 is 2.00 bits per heavy atom. The van der Waals surface area contributed by atoms with Gasteiger partial charge in [0.25, 0.3) is 0 Å². The Bertz CT molecular complexity index is 119. The smallest absolute Gasteiger partial charge is 0.106 e. The van der Waals surface area contributed by atoms with Crippen LogP contribution in [-0.4, -0.2) is 37.7 Å². The molecule has 0 amide bonds. The van der Waals surface area contributed by atoms with E-state index in [1.54, 1.807) is 12.2 Å². The summed E-state index contributed by atoms with van der Waals surface area (Å²) in [6, 6.07) is 0. The summed E-state index contributed by atoms with van der Waals surface area (Å²) in [7, 11) is 5.29. The first kappa shape index (κ1) is 12.8. The van der Waals surface area contributed by atoms with Gasteiger partial charge < -0.3 is 15.7 Å². The lowest BCUT2D eigenvalue weighted by molar-refractivity contribution is 0.324. The first-order chi connectivity index (χ1) is 5.16. The Morgan fingerprint density at radius 3 is 2.27 bits per heavy atom. The van der Waals surface area contributed by atoms with Gasteiger partial charge in [-0.3, -0.25) is 0 Å². The lowest BCUT2D eigenvalue weighted by Crippen LogP contribution is -2.14. The number of nitrogens with two attached hydrogens (primary N) is 1. The molecule has 3 nitrogen and oxygen atoms in total. The minimum atomic E-state index is 0.343. The number of rotatable bonds is 3. The summed E-state index contributed by atoms with van der Waals surface area (Å²) in [6.07, 6.45) is 3.15. The van der Waals surface area contributed by atoms with Crippen molar-refractivity contribution in [2.24, 2.45) is 5.73 Å². The van der Waals surface area contributed by atoms with Crippen molar-refractivity contribution in [2.75, 3.05) is 27.7 Å². The van der Waals surface area contributed by atoms with Gasteiger partial charge in [0.2, 0.25) is 0 Å². The molecular formula is C8H18N2O. The van der Waals surface area contributed by atoms with Crippen LogP contribution in [0.4, 0.5) is 0 Å². The molecule has 3 N–H and O–H groups in total. The summed E-state index contributed by atoms with van der Waals surface area (Å²) in [6.45, 7) is 4.03. The molecular weight excluding hydrogens is 140 g/mol. The maximum absolute atomic E-state index is 8.97. The highest BCUT2D eigenvalue weighted by Gasteiger charge is 1.91. The van der Waals surface area contributed by atoms with E-state index in [1.807, 2.05) is 19.0 Å². The SMILES string of the molecule is C=C/C=C(\O)CN(C)C.CN. The number of likely N-dealkylation sites (N-methyl/N-ethyl adjacent to an activating group) is 1. The van der Waals surface area contributed by atoms with Crippen LogP contribution in [0.2, 0.25) is 0 Å². The minimum Gasteiger partial charge on any atom is -0.511 e. The van der Waals surface area contributed by atoms with Crippen LogP contribution in [0.1, 0.15) is 0 Å². The third kappa shape index (κ3) is 12.4. The molecule has 0 bridgehead atoms. The average molecular weight is 158 g/mol. The van der Waals surface area contributed by atoms with Gasteiger partial charge in [-0.25, -0.2) is 0 Å². The van der Waals surface area contributed by atoms with Crippen LogP contribution >= 0.6 is 0 Å². The lowest BCUT2D eigenvalue weighted by Gasteiger charge is -2.06. The Labute approximate surface area is 68.8 Å². The maximum Gasteiger partial charge on any atom is 0.106 e. The number of hydrogen-bond acceptors (Lipinski definition) is 3. The van der Waals surface area contributed by atoms with Crippen molar-refractivity contribution in [3.8, 4) is 0 Å². The predicted molar refractivity (Wildman–Crippen MR) is 49.6 cm³/mol. The Morgan fingerprint density at radius 1 is 1.55 bits per heavy atom. The third-order valence-corrected chi connectivity index (χ3v) is 0.788. The summed E-state index contributed by atoms with van der Waals surface area (Å²) in [5, 5.41) is 8.97. The van der Waals surface area contributed by atoms with Crippen molar-refractivity contribution in [1.82, 2.24) is 4.90 Å². The zero-order valence-corrected chi connectivity index (χ0v) is 7.54. The molecule has 0 heterocycles. The van der Waals surface area contributed by atoms with Crippen LogP contribution in [-0.2, 0) is 0 Å². The first-order valence-electron chi connectivity index (χ1n) is 3.40. The van der Waals surface area contributed by atoms with E-state index in [-0.39, 0.29) is 0 Å². The van der Waals surface area contributed by atoms with Gasteiger partial charge in [-0.2, -0.15) is 0 Å². The van der Waals surface area contributed by atoms with Gasteiger partial charge in [0.1, 0.15) is 5.76 Å². The van der Waals surface area contributed by atoms with Crippen molar-refractivity contribution in [2.45, 2.75) is 0 Å². The molecule has 3 heteroatoms. The van der Waals surface area contributed by atoms with E-state index in [2.05, 4.69) is 12.3 Å². The first-order valence-corrected chi connectivity index (χ1v) is 3.40. The molecule has 0 atom stereocenters. The molecule has 0 aromatic heterocycles. The quantitative estimate of drug-likeness (QED) is 0.470. The largest absolute Gasteiger partial charge is 0.511 e. The molecule has 0 saturated heterocycles. The van der Waals surface area contributed by atoms with Crippen LogP contribution in [0.5, 0.6) is 0 Å². The number of aliphatic hydroxyl groups is 1. The molecule has 11 heavy (non-hydrogen) atoms. The average Bonchev–Trinajstić information content (AvgIpc) is 1.91. The molecule has 0 aliphatic rings. The van der Waals surface area contributed by atoms with Gasteiger partial charge in [-0.05, 0) is 27.2 Å². The van der Waals surface area contributed by atoms with Crippen molar-refractivity contribution in [3.63, 3.8) is 0 Å². The molecule has 0 aromatic rings. The Balaban J connectivity index is 0. The van der Waals surface area contributed by atoms with E-state index < -0.39 is 0 Å². The highest BCUT2D eigenvalue weighted by atomic mass is 16.3. The second kappa shape index (κ2) is 9.20. The number of aliphatic hydroxyl groups excluding tert-OH is 1. The maximum atomic E-state index is 8.97. The molecule has 0 radical (unpaired) electrons. The van der Waals surface area contributed by atoms with E-state index in [1.165, 1.54) is 7.05 Å². The fourth-order valence-corrected chi connectivity index (χ4v) is 0.513. The second-order valence-electron chi connectivity index (χ2n) is 2.13. The standard InChI is InChI=1S/C7H13NO.CH5N/c1-4-5-7(9)6-8(2)3;1-2/h4-5,9H,1,6H2,2-3H3;2H2,1H3/b7-5-;. The molecule has 0 aromatic carbocycles. The highest BCUT2D eigenvalue weighted by Crippen LogP contribution is 1.89. The summed E-state index contributed by atoms with van der Waals surface area (Å²) in [5.41, 5.74) is 4.50. The Hall–Kier alpha value is -0.800. The van der Waals surface area contributed by atoms with E-state index in [0.29, 0.717) is 12.3 Å². The molecule has 0 saturated carbocycles. The van der Waals surface area contributed by atoms with Gasteiger partial charge in [0, 0.05) is 0 Å². The monoisotopic (exact) mass is 158 g/mol. The van der Waals surface area contributed by atoms with Crippen LogP contribution in [0, 0.1) is 0 Å². The number of nitrogens with zero attached hydrogens (tertiary/aromatic N) is 1. The van der Waals surface area contributed by atoms with Gasteiger partial charge in [-0.15, -0.1) is 0 Å². The van der Waals surface area contributed by atoms with Crippen LogP contribution in [0.3, 0.4) is 0 Å². The van der Waals surface area contributed by atoms with Gasteiger partial charge in [0.05, 0.1) is 6.54 Å². The summed E-state index contributed by atoms with van der Waals surface area (Å²) >= 11 is 0. The fraction of sp³-hybridized carbons (Fsp3) is 0.500. The number of hydrogen-bond donors (Lipinski definition) is 2. The van der Waals surface area contributed by atoms with Crippen LogP contribution in [0.15, 0.2) is 24.5 Å².